The first-order valence-corrected chi connectivity index (χ1v) is 6.18. The summed E-state index contributed by atoms with van der Waals surface area (Å²) in [6.07, 6.45) is 0.747. The molecule has 0 saturated heterocycles. The zero-order chi connectivity index (χ0) is 13.4. The summed E-state index contributed by atoms with van der Waals surface area (Å²) in [5, 5.41) is 4.30. The highest BCUT2D eigenvalue weighted by molar-refractivity contribution is 5.50. The molecule has 0 bridgehead atoms. The molecular formula is C15H14N2O2. The number of aryl methyl sites for hydroxylation is 2. The van der Waals surface area contributed by atoms with E-state index in [1.165, 1.54) is 5.56 Å². The lowest BCUT2D eigenvalue weighted by Gasteiger charge is -2.04. The van der Waals surface area contributed by atoms with E-state index in [2.05, 4.69) is 17.2 Å². The van der Waals surface area contributed by atoms with Crippen LogP contribution in [0.3, 0.4) is 0 Å². The molecule has 4 heteroatoms. The third kappa shape index (κ3) is 2.05. The van der Waals surface area contributed by atoms with E-state index >= 15 is 0 Å². The van der Waals surface area contributed by atoms with Crippen LogP contribution >= 0.6 is 0 Å². The summed E-state index contributed by atoms with van der Waals surface area (Å²) >= 11 is 0. The second-order valence-electron chi connectivity index (χ2n) is 4.64. The lowest BCUT2D eigenvalue weighted by molar-refractivity contribution is 0.441. The Balaban J connectivity index is 2.18. The highest BCUT2D eigenvalue weighted by Gasteiger charge is 2.12. The van der Waals surface area contributed by atoms with E-state index in [4.69, 9.17) is 4.42 Å². The van der Waals surface area contributed by atoms with Crippen molar-refractivity contribution in [1.82, 2.24) is 9.61 Å². The molecule has 0 unspecified atom stereocenters. The van der Waals surface area contributed by atoms with Gasteiger partial charge >= 0.3 is 5.63 Å². The lowest BCUT2D eigenvalue weighted by atomic mass is 10.1. The fourth-order valence-electron chi connectivity index (χ4n) is 2.27. The largest absolute Gasteiger partial charge is 0.406 e. The molecule has 0 aliphatic heterocycles. The van der Waals surface area contributed by atoms with Crippen molar-refractivity contribution < 1.29 is 4.42 Å². The van der Waals surface area contributed by atoms with Crippen LogP contribution in [0, 0.1) is 13.8 Å². The van der Waals surface area contributed by atoms with Crippen molar-refractivity contribution in [2.24, 2.45) is 0 Å². The van der Waals surface area contributed by atoms with E-state index in [0.717, 1.165) is 17.7 Å². The molecule has 0 aliphatic rings. The maximum atomic E-state index is 11.8. The van der Waals surface area contributed by atoms with Gasteiger partial charge in [-0.15, -0.1) is 5.10 Å². The molecule has 0 aliphatic carbocycles. The fraction of sp³-hybridized carbons (Fsp3) is 0.200. The number of hydrogen-bond acceptors (Lipinski definition) is 3. The topological polar surface area (TPSA) is 47.5 Å². The minimum atomic E-state index is -0.338. The van der Waals surface area contributed by atoms with Crippen molar-refractivity contribution in [2.45, 2.75) is 20.3 Å². The molecule has 19 heavy (non-hydrogen) atoms. The Hall–Kier alpha value is -2.36. The van der Waals surface area contributed by atoms with Crippen molar-refractivity contribution in [1.29, 1.82) is 0 Å². The Morgan fingerprint density at radius 1 is 1.21 bits per heavy atom. The van der Waals surface area contributed by atoms with Crippen molar-refractivity contribution in [3.8, 4) is 0 Å². The van der Waals surface area contributed by atoms with Crippen molar-refractivity contribution >= 4 is 5.52 Å². The van der Waals surface area contributed by atoms with Crippen molar-refractivity contribution in [2.75, 3.05) is 0 Å². The van der Waals surface area contributed by atoms with Crippen molar-refractivity contribution in [3.63, 3.8) is 0 Å². The quantitative estimate of drug-likeness (QED) is 0.706. The Kier molecular flexibility index (Phi) is 2.71. The van der Waals surface area contributed by atoms with Crippen LogP contribution in [0.2, 0.25) is 0 Å². The van der Waals surface area contributed by atoms with Gasteiger partial charge in [0, 0.05) is 13.3 Å². The second-order valence-corrected chi connectivity index (χ2v) is 4.64. The van der Waals surface area contributed by atoms with Gasteiger partial charge in [-0.3, -0.25) is 0 Å². The molecule has 2 aromatic heterocycles. The Bertz CT molecular complexity index is 785. The number of rotatable bonds is 2. The highest BCUT2D eigenvalue weighted by atomic mass is 16.4. The molecule has 3 rings (SSSR count). The first kappa shape index (κ1) is 11.7. The van der Waals surface area contributed by atoms with Crippen LogP contribution in [-0.2, 0) is 6.42 Å². The molecule has 0 saturated carbocycles. The number of benzene rings is 1. The summed E-state index contributed by atoms with van der Waals surface area (Å²) in [5.74, 6) is 0.377. The van der Waals surface area contributed by atoms with E-state index in [1.807, 2.05) is 31.2 Å². The Morgan fingerprint density at radius 3 is 2.68 bits per heavy atom. The van der Waals surface area contributed by atoms with Crippen LogP contribution < -0.4 is 5.63 Å². The normalized spacial score (nSPS) is 11.1. The van der Waals surface area contributed by atoms with Crippen LogP contribution in [0.4, 0.5) is 0 Å². The fourth-order valence-corrected chi connectivity index (χ4v) is 2.27. The molecule has 0 atom stereocenters. The third-order valence-electron chi connectivity index (χ3n) is 3.20. The first-order chi connectivity index (χ1) is 9.15. The van der Waals surface area contributed by atoms with Gasteiger partial charge in [-0.25, -0.2) is 9.31 Å². The zero-order valence-electron chi connectivity index (χ0n) is 10.9. The van der Waals surface area contributed by atoms with E-state index in [9.17, 15) is 4.79 Å². The average Bonchev–Trinajstić information content (AvgIpc) is 2.69. The monoisotopic (exact) mass is 254 g/mol. The molecule has 0 spiro atoms. The van der Waals surface area contributed by atoms with Gasteiger partial charge in [-0.05, 0) is 24.1 Å². The molecule has 0 N–H and O–H groups in total. The maximum absolute atomic E-state index is 11.8. The molecule has 2 heterocycles. The summed E-state index contributed by atoms with van der Waals surface area (Å²) in [6, 6.07) is 12.0. The van der Waals surface area contributed by atoms with Gasteiger partial charge in [0.1, 0.15) is 0 Å². The minimum Gasteiger partial charge on any atom is -0.406 e. The standard InChI is InChI=1S/C15H14N2O2/c1-10-8-14-15(18)19-11(2)16-17(14)13(10)9-12-6-4-3-5-7-12/h3-8H,9H2,1-2H3. The summed E-state index contributed by atoms with van der Waals surface area (Å²) in [6.45, 7) is 3.67. The molecule has 96 valence electrons. The Morgan fingerprint density at radius 2 is 1.95 bits per heavy atom. The predicted octanol–water partition coefficient (Wildman–Crippen LogP) is 2.50. The van der Waals surface area contributed by atoms with Crippen molar-refractivity contribution in [3.05, 3.63) is 69.5 Å². The molecular weight excluding hydrogens is 240 g/mol. The number of nitrogens with zero attached hydrogens (tertiary/aromatic N) is 2. The molecule has 3 aromatic rings. The first-order valence-electron chi connectivity index (χ1n) is 6.18. The number of aromatic nitrogens is 2. The van der Waals surface area contributed by atoms with Crippen LogP contribution in [0.15, 0.2) is 45.6 Å². The number of fused-ring (bicyclic) bond motifs is 1. The number of hydrogen-bond donors (Lipinski definition) is 0. The van der Waals surface area contributed by atoms with E-state index in [1.54, 1.807) is 11.4 Å². The highest BCUT2D eigenvalue weighted by Crippen LogP contribution is 2.16. The van der Waals surface area contributed by atoms with Crippen LogP contribution in [0.1, 0.15) is 22.7 Å². The van der Waals surface area contributed by atoms with Gasteiger partial charge in [0.05, 0.1) is 5.69 Å². The second kappa shape index (κ2) is 4.39. The molecule has 4 nitrogen and oxygen atoms in total. The minimum absolute atomic E-state index is 0.338. The van der Waals surface area contributed by atoms with Crippen LogP contribution in [0.25, 0.3) is 5.52 Å². The lowest BCUT2D eigenvalue weighted by Crippen LogP contribution is -2.10. The zero-order valence-corrected chi connectivity index (χ0v) is 10.9. The van der Waals surface area contributed by atoms with Gasteiger partial charge in [0.2, 0.25) is 5.89 Å². The van der Waals surface area contributed by atoms with Crippen LogP contribution in [0.5, 0.6) is 0 Å². The SMILES string of the molecule is Cc1nn2c(Cc3ccccc3)c(C)cc2c(=O)o1. The van der Waals surface area contributed by atoms with Gasteiger partial charge in [0.25, 0.3) is 0 Å². The maximum Gasteiger partial charge on any atom is 0.363 e. The Labute approximate surface area is 110 Å². The molecule has 0 fully saturated rings. The summed E-state index contributed by atoms with van der Waals surface area (Å²) < 4.78 is 6.72. The van der Waals surface area contributed by atoms with Gasteiger partial charge in [-0.2, -0.15) is 0 Å². The van der Waals surface area contributed by atoms with E-state index in [-0.39, 0.29) is 5.63 Å². The van der Waals surface area contributed by atoms with E-state index in [0.29, 0.717) is 11.4 Å². The van der Waals surface area contributed by atoms with E-state index < -0.39 is 0 Å². The molecule has 0 amide bonds. The smallest absolute Gasteiger partial charge is 0.363 e. The molecule has 1 aromatic carbocycles. The third-order valence-corrected chi connectivity index (χ3v) is 3.20. The predicted molar refractivity (Wildman–Crippen MR) is 72.5 cm³/mol. The van der Waals surface area contributed by atoms with Gasteiger partial charge < -0.3 is 4.42 Å². The van der Waals surface area contributed by atoms with Crippen LogP contribution in [-0.4, -0.2) is 9.61 Å². The van der Waals surface area contributed by atoms with Gasteiger partial charge in [-0.1, -0.05) is 30.3 Å². The summed E-state index contributed by atoms with van der Waals surface area (Å²) in [4.78, 5) is 11.8. The average molecular weight is 254 g/mol. The van der Waals surface area contributed by atoms with Gasteiger partial charge in [0.15, 0.2) is 5.52 Å². The summed E-state index contributed by atoms with van der Waals surface area (Å²) in [5.41, 5.74) is 3.42. The summed E-state index contributed by atoms with van der Waals surface area (Å²) in [7, 11) is 0. The molecule has 0 radical (unpaired) electrons.